The van der Waals surface area contributed by atoms with E-state index in [-0.39, 0.29) is 5.91 Å². The van der Waals surface area contributed by atoms with E-state index in [0.29, 0.717) is 40.2 Å². The number of benzene rings is 3. The fourth-order valence-electron chi connectivity index (χ4n) is 3.80. The third kappa shape index (κ3) is 5.11. The molecule has 0 saturated heterocycles. The van der Waals surface area contributed by atoms with Crippen molar-refractivity contribution in [2.45, 2.75) is 6.54 Å². The summed E-state index contributed by atoms with van der Waals surface area (Å²) in [4.78, 5) is 26.8. The number of anilines is 2. The van der Waals surface area contributed by atoms with Gasteiger partial charge < -0.3 is 15.4 Å². The van der Waals surface area contributed by atoms with Gasteiger partial charge >= 0.3 is 0 Å². The minimum atomic E-state index is -0.221. The molecule has 2 N–H and O–H groups in total. The van der Waals surface area contributed by atoms with Gasteiger partial charge in [-0.1, -0.05) is 35.9 Å². The van der Waals surface area contributed by atoms with Crippen LogP contribution in [0.1, 0.15) is 15.9 Å². The van der Waals surface area contributed by atoms with Gasteiger partial charge in [0.05, 0.1) is 23.9 Å². The lowest BCUT2D eigenvalue weighted by Crippen LogP contribution is -2.23. The van der Waals surface area contributed by atoms with Crippen molar-refractivity contribution in [2.24, 2.45) is 0 Å². The monoisotopic (exact) mass is 495 g/mol. The van der Waals surface area contributed by atoms with Crippen molar-refractivity contribution in [3.05, 3.63) is 107 Å². The maximum absolute atomic E-state index is 13.1. The number of nitrogens with zero attached hydrogens (tertiary/aromatic N) is 3. The Morgan fingerprint density at radius 1 is 0.972 bits per heavy atom. The SMILES string of the molecule is COc1ccc2nc(-c3cccnc3)nc(Nc3ccccc3C(=O)NCc3cccc(Cl)c3)c2c1. The summed E-state index contributed by atoms with van der Waals surface area (Å²) >= 11 is 6.07. The standard InChI is InChI=1S/C28H22ClN5O2/c1-36-21-11-12-25-23(15-21)27(34-26(32-25)19-7-5-13-30-17-19)33-24-10-3-2-9-22(24)28(35)31-16-18-6-4-8-20(29)14-18/h2-15,17H,16H2,1H3,(H,31,35)(H,32,33,34). The lowest BCUT2D eigenvalue weighted by Gasteiger charge is -2.15. The zero-order valence-corrected chi connectivity index (χ0v) is 20.2. The van der Waals surface area contributed by atoms with Crippen LogP contribution in [0.2, 0.25) is 5.02 Å². The van der Waals surface area contributed by atoms with Crippen molar-refractivity contribution < 1.29 is 9.53 Å². The lowest BCUT2D eigenvalue weighted by molar-refractivity contribution is 0.0951. The Bertz CT molecular complexity index is 1540. The first-order valence-electron chi connectivity index (χ1n) is 11.3. The number of aromatic nitrogens is 3. The van der Waals surface area contributed by atoms with Gasteiger partial charge in [-0.2, -0.15) is 0 Å². The van der Waals surface area contributed by atoms with Crippen LogP contribution in [0.25, 0.3) is 22.3 Å². The first-order chi connectivity index (χ1) is 17.6. The Balaban J connectivity index is 1.50. The molecule has 0 saturated carbocycles. The molecule has 7 nitrogen and oxygen atoms in total. The maximum Gasteiger partial charge on any atom is 0.253 e. The second kappa shape index (κ2) is 10.4. The molecule has 2 aromatic heterocycles. The minimum absolute atomic E-state index is 0.221. The van der Waals surface area contributed by atoms with E-state index in [0.717, 1.165) is 22.0 Å². The first kappa shape index (κ1) is 23.3. The highest BCUT2D eigenvalue weighted by molar-refractivity contribution is 6.30. The topological polar surface area (TPSA) is 89.0 Å². The third-order valence-corrected chi connectivity index (χ3v) is 5.82. The van der Waals surface area contributed by atoms with Crippen LogP contribution in [0.3, 0.4) is 0 Å². The molecule has 8 heteroatoms. The van der Waals surface area contributed by atoms with E-state index in [2.05, 4.69) is 15.6 Å². The van der Waals surface area contributed by atoms with Crippen LogP contribution in [0.15, 0.2) is 91.3 Å². The summed E-state index contributed by atoms with van der Waals surface area (Å²) < 4.78 is 5.42. The average Bonchev–Trinajstić information content (AvgIpc) is 2.92. The number of nitrogens with one attached hydrogen (secondary N) is 2. The van der Waals surface area contributed by atoms with E-state index in [4.69, 9.17) is 26.3 Å². The molecular weight excluding hydrogens is 474 g/mol. The van der Waals surface area contributed by atoms with Gasteiger partial charge in [0.15, 0.2) is 5.82 Å². The van der Waals surface area contributed by atoms with Crippen LogP contribution >= 0.6 is 11.6 Å². The van der Waals surface area contributed by atoms with E-state index in [1.807, 2.05) is 66.7 Å². The van der Waals surface area contributed by atoms with Crippen molar-refractivity contribution in [2.75, 3.05) is 12.4 Å². The average molecular weight is 496 g/mol. The maximum atomic E-state index is 13.1. The van der Waals surface area contributed by atoms with E-state index >= 15 is 0 Å². The van der Waals surface area contributed by atoms with Gasteiger partial charge in [-0.15, -0.1) is 0 Å². The van der Waals surface area contributed by atoms with Gasteiger partial charge in [-0.3, -0.25) is 9.78 Å². The number of para-hydroxylation sites is 1. The smallest absolute Gasteiger partial charge is 0.253 e. The van der Waals surface area contributed by atoms with Crippen molar-refractivity contribution in [3.8, 4) is 17.1 Å². The number of ether oxygens (including phenoxy) is 1. The number of amides is 1. The van der Waals surface area contributed by atoms with Gasteiger partial charge in [0.2, 0.25) is 0 Å². The summed E-state index contributed by atoms with van der Waals surface area (Å²) in [6, 6.07) is 24.0. The van der Waals surface area contributed by atoms with Crippen LogP contribution in [-0.2, 0) is 6.54 Å². The van der Waals surface area contributed by atoms with Gasteiger partial charge in [0.1, 0.15) is 11.6 Å². The number of rotatable bonds is 7. The molecule has 0 fully saturated rings. The number of fused-ring (bicyclic) bond motifs is 1. The first-order valence-corrected chi connectivity index (χ1v) is 11.6. The molecule has 0 radical (unpaired) electrons. The van der Waals surface area contributed by atoms with Crippen LogP contribution in [0, 0.1) is 0 Å². The summed E-state index contributed by atoms with van der Waals surface area (Å²) in [7, 11) is 1.61. The molecular formula is C28H22ClN5O2. The zero-order chi connectivity index (χ0) is 24.9. The fourth-order valence-corrected chi connectivity index (χ4v) is 4.01. The highest BCUT2D eigenvalue weighted by Gasteiger charge is 2.15. The molecule has 36 heavy (non-hydrogen) atoms. The van der Waals surface area contributed by atoms with Gasteiger partial charge in [-0.25, -0.2) is 9.97 Å². The predicted molar refractivity (Wildman–Crippen MR) is 142 cm³/mol. The number of methoxy groups -OCH3 is 1. The number of hydrogen-bond acceptors (Lipinski definition) is 6. The highest BCUT2D eigenvalue weighted by atomic mass is 35.5. The zero-order valence-electron chi connectivity index (χ0n) is 19.4. The Morgan fingerprint density at radius 2 is 1.86 bits per heavy atom. The summed E-state index contributed by atoms with van der Waals surface area (Å²) in [6.45, 7) is 0.354. The Morgan fingerprint density at radius 3 is 2.67 bits per heavy atom. The molecule has 0 aliphatic heterocycles. The second-order valence-electron chi connectivity index (χ2n) is 8.00. The Kier molecular flexibility index (Phi) is 6.73. The molecule has 178 valence electrons. The predicted octanol–water partition coefficient (Wildman–Crippen LogP) is 6.03. The third-order valence-electron chi connectivity index (χ3n) is 5.59. The molecule has 3 aromatic carbocycles. The van der Waals surface area contributed by atoms with Crippen LogP contribution in [-0.4, -0.2) is 28.0 Å². The molecule has 1 amide bonds. The summed E-state index contributed by atoms with van der Waals surface area (Å²) in [5, 5.41) is 7.70. The van der Waals surface area contributed by atoms with E-state index < -0.39 is 0 Å². The molecule has 2 heterocycles. The second-order valence-corrected chi connectivity index (χ2v) is 8.44. The van der Waals surface area contributed by atoms with Gasteiger partial charge in [0.25, 0.3) is 5.91 Å². The van der Waals surface area contributed by atoms with E-state index in [9.17, 15) is 4.79 Å². The molecule has 5 aromatic rings. The van der Waals surface area contributed by atoms with Crippen LogP contribution in [0.4, 0.5) is 11.5 Å². The molecule has 0 spiro atoms. The number of carbonyl (C=O) groups is 1. The van der Waals surface area contributed by atoms with Crippen molar-refractivity contribution >= 4 is 39.9 Å². The molecule has 0 bridgehead atoms. The summed E-state index contributed by atoms with van der Waals surface area (Å²) in [6.07, 6.45) is 3.42. The number of hydrogen-bond donors (Lipinski definition) is 2. The minimum Gasteiger partial charge on any atom is -0.497 e. The number of halogens is 1. The largest absolute Gasteiger partial charge is 0.497 e. The van der Waals surface area contributed by atoms with Gasteiger partial charge in [0, 0.05) is 34.9 Å². The number of pyridine rings is 1. The molecule has 0 unspecified atom stereocenters. The summed E-state index contributed by atoms with van der Waals surface area (Å²) in [5.41, 5.74) is 3.52. The Hall–Kier alpha value is -4.49. The van der Waals surface area contributed by atoms with Crippen LogP contribution < -0.4 is 15.4 Å². The highest BCUT2D eigenvalue weighted by Crippen LogP contribution is 2.31. The van der Waals surface area contributed by atoms with Crippen molar-refractivity contribution in [1.82, 2.24) is 20.3 Å². The van der Waals surface area contributed by atoms with Crippen molar-refractivity contribution in [1.29, 1.82) is 0 Å². The lowest BCUT2D eigenvalue weighted by atomic mass is 10.1. The number of carbonyl (C=O) groups excluding carboxylic acids is 1. The fraction of sp³-hybridized carbons (Fsp3) is 0.0714. The Labute approximate surface area is 213 Å². The van der Waals surface area contributed by atoms with E-state index in [1.54, 1.807) is 31.6 Å². The quantitative estimate of drug-likeness (QED) is 0.286. The molecule has 0 atom stereocenters. The molecule has 5 rings (SSSR count). The normalized spacial score (nSPS) is 10.7. The van der Waals surface area contributed by atoms with Crippen LogP contribution in [0.5, 0.6) is 5.75 Å². The van der Waals surface area contributed by atoms with Crippen molar-refractivity contribution in [3.63, 3.8) is 0 Å². The summed E-state index contributed by atoms with van der Waals surface area (Å²) in [5.74, 6) is 1.52. The molecule has 0 aliphatic rings. The van der Waals surface area contributed by atoms with E-state index in [1.165, 1.54) is 0 Å². The molecule has 0 aliphatic carbocycles. The van der Waals surface area contributed by atoms with Gasteiger partial charge in [-0.05, 0) is 60.2 Å².